The van der Waals surface area contributed by atoms with Crippen LogP contribution in [0.25, 0.3) is 0 Å². The first kappa shape index (κ1) is 28.5. The number of fused-ring (bicyclic) bond motifs is 1. The van der Waals surface area contributed by atoms with Crippen LogP contribution in [0.4, 0.5) is 0 Å². The predicted octanol–water partition coefficient (Wildman–Crippen LogP) is 3.34. The van der Waals surface area contributed by atoms with E-state index in [0.29, 0.717) is 5.02 Å². The Morgan fingerprint density at radius 3 is 2.61 bits per heavy atom. The van der Waals surface area contributed by atoms with E-state index in [-0.39, 0.29) is 41.9 Å². The van der Waals surface area contributed by atoms with Gasteiger partial charge < -0.3 is 16.0 Å². The summed E-state index contributed by atoms with van der Waals surface area (Å²) in [6.07, 6.45) is 3.38. The molecule has 38 heavy (non-hydrogen) atoms. The minimum atomic E-state index is -3.98. The van der Waals surface area contributed by atoms with Crippen molar-refractivity contribution in [3.8, 4) is 0 Å². The second-order valence-corrected chi connectivity index (χ2v) is 13.4. The van der Waals surface area contributed by atoms with Crippen molar-refractivity contribution in [1.82, 2.24) is 20.3 Å². The number of sulfonamides is 1. The standard InChI is InChI=1S/C28H37ClN4O4S/c1-28(2,3)31-14-13-19-7-12-23-20(17-19)5-4-6-24(23)32-26(34)18-25-27(35)30-15-16-33(25)38(36,37)22-10-8-21(29)9-11-22/h7-12,17,24-25,31H,4-6,13-16,18H2,1-3H3,(H,30,35)(H,32,34)/t24-,25?/m1/s1. The molecule has 10 heteroatoms. The molecule has 0 aromatic heterocycles. The average Bonchev–Trinajstić information content (AvgIpc) is 2.85. The van der Waals surface area contributed by atoms with Gasteiger partial charge in [-0.2, -0.15) is 4.31 Å². The Morgan fingerprint density at radius 2 is 1.89 bits per heavy atom. The van der Waals surface area contributed by atoms with Gasteiger partial charge in [-0.3, -0.25) is 9.59 Å². The van der Waals surface area contributed by atoms with E-state index in [9.17, 15) is 18.0 Å². The second-order valence-electron chi connectivity index (χ2n) is 11.1. The highest BCUT2D eigenvalue weighted by Gasteiger charge is 2.40. The van der Waals surface area contributed by atoms with Gasteiger partial charge in [-0.05, 0) is 94.0 Å². The number of carbonyl (C=O) groups is 2. The summed E-state index contributed by atoms with van der Waals surface area (Å²) >= 11 is 5.92. The Labute approximate surface area is 230 Å². The molecule has 2 amide bonds. The zero-order valence-corrected chi connectivity index (χ0v) is 23.8. The number of nitrogens with one attached hydrogen (secondary N) is 3. The predicted molar refractivity (Wildman–Crippen MR) is 148 cm³/mol. The van der Waals surface area contributed by atoms with E-state index in [0.717, 1.165) is 42.1 Å². The largest absolute Gasteiger partial charge is 0.353 e. The average molecular weight is 561 g/mol. The molecule has 8 nitrogen and oxygen atoms in total. The van der Waals surface area contributed by atoms with Crippen LogP contribution in [0.3, 0.4) is 0 Å². The van der Waals surface area contributed by atoms with Gasteiger partial charge >= 0.3 is 0 Å². The molecule has 1 heterocycles. The summed E-state index contributed by atoms with van der Waals surface area (Å²) < 4.78 is 27.8. The van der Waals surface area contributed by atoms with Gasteiger partial charge in [0.05, 0.1) is 17.4 Å². The fraction of sp³-hybridized carbons (Fsp3) is 0.500. The molecule has 1 aliphatic carbocycles. The molecular formula is C28H37ClN4O4S. The Morgan fingerprint density at radius 1 is 1.16 bits per heavy atom. The lowest BCUT2D eigenvalue weighted by atomic mass is 9.86. The summed E-state index contributed by atoms with van der Waals surface area (Å²) in [5.41, 5.74) is 3.66. The normalized spacial score (nSPS) is 20.5. The molecule has 1 unspecified atom stereocenters. The van der Waals surface area contributed by atoms with Crippen molar-refractivity contribution in [3.63, 3.8) is 0 Å². The van der Waals surface area contributed by atoms with Crippen LogP contribution in [-0.2, 0) is 32.5 Å². The molecule has 0 bridgehead atoms. The molecule has 0 spiro atoms. The lowest BCUT2D eigenvalue weighted by molar-refractivity contribution is -0.132. The van der Waals surface area contributed by atoms with E-state index >= 15 is 0 Å². The van der Waals surface area contributed by atoms with E-state index in [1.54, 1.807) is 0 Å². The highest BCUT2D eigenvalue weighted by molar-refractivity contribution is 7.89. The number of nitrogens with zero attached hydrogens (tertiary/aromatic N) is 1. The van der Waals surface area contributed by atoms with Gasteiger partial charge in [-0.25, -0.2) is 8.42 Å². The SMILES string of the molecule is CC(C)(C)NCCc1ccc2c(c1)CCC[C@H]2NC(=O)CC1C(=O)NCCN1S(=O)(=O)c1ccc(Cl)cc1. The maximum absolute atomic E-state index is 13.3. The molecule has 3 N–H and O–H groups in total. The topological polar surface area (TPSA) is 108 Å². The van der Waals surface area contributed by atoms with E-state index in [1.165, 1.54) is 35.4 Å². The zero-order valence-electron chi connectivity index (χ0n) is 22.2. The van der Waals surface area contributed by atoms with Gasteiger partial charge in [-0.1, -0.05) is 29.8 Å². The van der Waals surface area contributed by atoms with Crippen LogP contribution in [0.15, 0.2) is 47.4 Å². The summed E-state index contributed by atoms with van der Waals surface area (Å²) in [6, 6.07) is 11.0. The number of rotatable bonds is 8. The Hall–Kier alpha value is -2.46. The van der Waals surface area contributed by atoms with Gasteiger partial charge in [0.1, 0.15) is 6.04 Å². The van der Waals surface area contributed by atoms with E-state index in [1.807, 2.05) is 0 Å². The van der Waals surface area contributed by atoms with Gasteiger partial charge in [0.2, 0.25) is 21.8 Å². The van der Waals surface area contributed by atoms with Crippen molar-refractivity contribution < 1.29 is 18.0 Å². The van der Waals surface area contributed by atoms with E-state index in [2.05, 4.69) is 54.9 Å². The molecule has 1 saturated heterocycles. The number of hydrogen-bond acceptors (Lipinski definition) is 5. The van der Waals surface area contributed by atoms with Gasteiger partial charge in [0.15, 0.2) is 0 Å². The lowest BCUT2D eigenvalue weighted by Crippen LogP contribution is -2.58. The summed E-state index contributed by atoms with van der Waals surface area (Å²) in [4.78, 5) is 25.9. The highest BCUT2D eigenvalue weighted by atomic mass is 35.5. The Kier molecular flexibility index (Phi) is 8.82. The molecule has 4 rings (SSSR count). The van der Waals surface area contributed by atoms with Gasteiger partial charge in [0.25, 0.3) is 0 Å². The number of benzene rings is 2. The molecule has 0 radical (unpaired) electrons. The maximum Gasteiger partial charge on any atom is 0.243 e. The summed E-state index contributed by atoms with van der Waals surface area (Å²) in [5.74, 6) is -0.818. The number of piperazine rings is 1. The van der Waals surface area contributed by atoms with Crippen LogP contribution in [0.1, 0.15) is 62.8 Å². The molecule has 1 aliphatic heterocycles. The van der Waals surface area contributed by atoms with Gasteiger partial charge in [0, 0.05) is 23.7 Å². The molecule has 2 aromatic carbocycles. The fourth-order valence-electron chi connectivity index (χ4n) is 5.10. The summed E-state index contributed by atoms with van der Waals surface area (Å²) in [7, 11) is -3.98. The van der Waals surface area contributed by atoms with Crippen molar-refractivity contribution in [2.75, 3.05) is 19.6 Å². The number of halogens is 1. The zero-order chi connectivity index (χ0) is 27.5. The first-order chi connectivity index (χ1) is 17.9. The smallest absolute Gasteiger partial charge is 0.243 e. The van der Waals surface area contributed by atoms with Gasteiger partial charge in [-0.15, -0.1) is 0 Å². The number of aryl methyl sites for hydroxylation is 1. The molecule has 2 atom stereocenters. The number of amides is 2. The van der Waals surface area contributed by atoms with Crippen molar-refractivity contribution in [1.29, 1.82) is 0 Å². The third-order valence-electron chi connectivity index (χ3n) is 7.01. The third-order valence-corrected chi connectivity index (χ3v) is 9.18. The summed E-state index contributed by atoms with van der Waals surface area (Å²) in [6.45, 7) is 7.62. The van der Waals surface area contributed by atoms with Crippen LogP contribution in [0, 0.1) is 0 Å². The number of carbonyl (C=O) groups excluding carboxylic acids is 2. The van der Waals surface area contributed by atoms with Crippen LogP contribution >= 0.6 is 11.6 Å². The lowest BCUT2D eigenvalue weighted by Gasteiger charge is -2.34. The molecule has 206 valence electrons. The third kappa shape index (κ3) is 6.94. The van der Waals surface area contributed by atoms with Crippen molar-refractivity contribution >= 4 is 33.4 Å². The Bertz CT molecular complexity index is 1270. The highest BCUT2D eigenvalue weighted by Crippen LogP contribution is 2.31. The monoisotopic (exact) mass is 560 g/mol. The fourth-order valence-corrected chi connectivity index (χ4v) is 6.82. The second kappa shape index (κ2) is 11.7. The minimum absolute atomic E-state index is 0.0386. The first-order valence-corrected chi connectivity index (χ1v) is 15.0. The quantitative estimate of drug-likeness (QED) is 0.459. The van der Waals surface area contributed by atoms with Crippen LogP contribution in [-0.4, -0.2) is 55.8 Å². The van der Waals surface area contributed by atoms with E-state index in [4.69, 9.17) is 11.6 Å². The molecule has 0 saturated carbocycles. The van der Waals surface area contributed by atoms with Crippen molar-refractivity contribution in [2.45, 2.75) is 75.4 Å². The van der Waals surface area contributed by atoms with Crippen molar-refractivity contribution in [3.05, 3.63) is 64.2 Å². The Balaban J connectivity index is 1.44. The van der Waals surface area contributed by atoms with Crippen LogP contribution in [0.5, 0.6) is 0 Å². The van der Waals surface area contributed by atoms with E-state index < -0.39 is 22.0 Å². The minimum Gasteiger partial charge on any atom is -0.353 e. The summed E-state index contributed by atoms with van der Waals surface area (Å²) in [5, 5.41) is 9.70. The van der Waals surface area contributed by atoms with Crippen LogP contribution in [0.2, 0.25) is 5.02 Å². The molecular weight excluding hydrogens is 524 g/mol. The molecule has 2 aromatic rings. The maximum atomic E-state index is 13.3. The first-order valence-electron chi connectivity index (χ1n) is 13.2. The number of hydrogen-bond donors (Lipinski definition) is 3. The molecule has 1 fully saturated rings. The van der Waals surface area contributed by atoms with Crippen molar-refractivity contribution in [2.24, 2.45) is 0 Å². The molecule has 2 aliphatic rings. The van der Waals surface area contributed by atoms with Crippen LogP contribution < -0.4 is 16.0 Å².